The van der Waals surface area contributed by atoms with Gasteiger partial charge in [-0.25, -0.2) is 9.97 Å². The van der Waals surface area contributed by atoms with Crippen LogP contribution in [-0.4, -0.2) is 53.8 Å². The van der Waals surface area contributed by atoms with Gasteiger partial charge in [0.15, 0.2) is 0 Å². The minimum atomic E-state index is 0.209. The summed E-state index contributed by atoms with van der Waals surface area (Å²) in [6, 6.07) is 2.39. The number of rotatable bonds is 4. The van der Waals surface area contributed by atoms with Crippen molar-refractivity contribution in [3.05, 3.63) is 17.6 Å². The molecular formula is C13H22N4O. The molecule has 1 fully saturated rings. The second-order valence-electron chi connectivity index (χ2n) is 5.01. The number of hydrogen-bond acceptors (Lipinski definition) is 5. The molecule has 5 nitrogen and oxygen atoms in total. The molecule has 1 aliphatic rings. The molecule has 2 heterocycles. The molecule has 2 rings (SSSR count). The molecule has 0 amide bonds. The maximum atomic E-state index is 9.11. The first-order chi connectivity index (χ1) is 8.61. The summed E-state index contributed by atoms with van der Waals surface area (Å²) in [6.07, 6.45) is 2.29. The number of anilines is 1. The Morgan fingerprint density at radius 2 is 2.22 bits per heavy atom. The predicted molar refractivity (Wildman–Crippen MR) is 71.7 cm³/mol. The van der Waals surface area contributed by atoms with Crippen molar-refractivity contribution in [3.8, 4) is 0 Å². The van der Waals surface area contributed by atoms with Gasteiger partial charge in [0.05, 0.1) is 18.3 Å². The van der Waals surface area contributed by atoms with E-state index in [0.717, 1.165) is 36.8 Å². The molecule has 18 heavy (non-hydrogen) atoms. The van der Waals surface area contributed by atoms with E-state index in [4.69, 9.17) is 5.11 Å². The van der Waals surface area contributed by atoms with Gasteiger partial charge in [0.1, 0.15) is 11.6 Å². The van der Waals surface area contributed by atoms with E-state index in [1.165, 1.54) is 6.42 Å². The van der Waals surface area contributed by atoms with Crippen molar-refractivity contribution in [3.63, 3.8) is 0 Å². The van der Waals surface area contributed by atoms with Gasteiger partial charge in [-0.2, -0.15) is 0 Å². The van der Waals surface area contributed by atoms with Crippen molar-refractivity contribution in [1.29, 1.82) is 0 Å². The maximum absolute atomic E-state index is 9.11. The molecular weight excluding hydrogens is 228 g/mol. The zero-order valence-electron chi connectivity index (χ0n) is 11.4. The van der Waals surface area contributed by atoms with Gasteiger partial charge in [0.25, 0.3) is 0 Å². The normalized spacial score (nSPS) is 20.3. The number of nitrogens with zero attached hydrogens (tertiary/aromatic N) is 4. The number of β-amino-alcohol motifs (C(OH)–C–C–N with tert-alkyl or cyclic N) is 1. The van der Waals surface area contributed by atoms with Gasteiger partial charge in [0, 0.05) is 26.7 Å². The van der Waals surface area contributed by atoms with Crippen molar-refractivity contribution < 1.29 is 5.11 Å². The Morgan fingerprint density at radius 3 is 2.89 bits per heavy atom. The summed E-state index contributed by atoms with van der Waals surface area (Å²) in [7, 11) is 3.98. The average Bonchev–Trinajstić information content (AvgIpc) is 2.77. The van der Waals surface area contributed by atoms with Gasteiger partial charge in [-0.3, -0.25) is 4.90 Å². The molecule has 1 atom stereocenters. The van der Waals surface area contributed by atoms with Gasteiger partial charge in [-0.1, -0.05) is 0 Å². The van der Waals surface area contributed by atoms with Crippen LogP contribution in [0, 0.1) is 6.92 Å². The van der Waals surface area contributed by atoms with Crippen LogP contribution in [0.15, 0.2) is 6.07 Å². The number of hydrogen-bond donors (Lipinski definition) is 1. The van der Waals surface area contributed by atoms with Gasteiger partial charge in [-0.15, -0.1) is 0 Å². The summed E-state index contributed by atoms with van der Waals surface area (Å²) in [5, 5.41) is 9.11. The second-order valence-corrected chi connectivity index (χ2v) is 5.01. The number of aliphatic hydroxyl groups excluding tert-OH is 1. The fourth-order valence-electron chi connectivity index (χ4n) is 2.53. The van der Waals surface area contributed by atoms with Crippen LogP contribution in [0.3, 0.4) is 0 Å². The van der Waals surface area contributed by atoms with Crippen LogP contribution >= 0.6 is 0 Å². The lowest BCUT2D eigenvalue weighted by Gasteiger charge is -2.24. The van der Waals surface area contributed by atoms with Crippen LogP contribution in [-0.2, 0) is 0 Å². The highest BCUT2D eigenvalue weighted by Crippen LogP contribution is 2.31. The Labute approximate surface area is 108 Å². The molecule has 5 heteroatoms. The fourth-order valence-corrected chi connectivity index (χ4v) is 2.53. The molecule has 1 N–H and O–H groups in total. The minimum absolute atomic E-state index is 0.209. The first-order valence-electron chi connectivity index (χ1n) is 6.49. The summed E-state index contributed by atoms with van der Waals surface area (Å²) in [5.41, 5.74) is 1.08. The summed E-state index contributed by atoms with van der Waals surface area (Å²) in [4.78, 5) is 13.3. The molecule has 0 bridgehead atoms. The number of aromatic nitrogens is 2. The van der Waals surface area contributed by atoms with Crippen LogP contribution in [0.2, 0.25) is 0 Å². The number of likely N-dealkylation sites (tertiary alicyclic amines) is 1. The first-order valence-corrected chi connectivity index (χ1v) is 6.49. The lowest BCUT2D eigenvalue weighted by molar-refractivity contribution is 0.183. The minimum Gasteiger partial charge on any atom is -0.395 e. The molecule has 1 saturated heterocycles. The third-order valence-corrected chi connectivity index (χ3v) is 3.39. The van der Waals surface area contributed by atoms with E-state index in [2.05, 4.69) is 20.9 Å². The quantitative estimate of drug-likeness (QED) is 0.863. The monoisotopic (exact) mass is 250 g/mol. The van der Waals surface area contributed by atoms with Gasteiger partial charge < -0.3 is 10.0 Å². The van der Waals surface area contributed by atoms with Gasteiger partial charge in [-0.05, 0) is 26.3 Å². The van der Waals surface area contributed by atoms with Crippen LogP contribution in [0.1, 0.15) is 30.4 Å². The fraction of sp³-hybridized carbons (Fsp3) is 0.692. The van der Waals surface area contributed by atoms with Gasteiger partial charge >= 0.3 is 0 Å². The molecule has 1 unspecified atom stereocenters. The standard InChI is InChI=1S/C13H22N4O/c1-10-14-11(9-13(15-10)16(2)3)12-5-4-6-17(12)7-8-18/h9,12,18H,4-8H2,1-3H3. The third kappa shape index (κ3) is 2.79. The predicted octanol–water partition coefficient (Wildman–Crippen LogP) is 0.980. The van der Waals surface area contributed by atoms with Crippen LogP contribution in [0.25, 0.3) is 0 Å². The first kappa shape index (κ1) is 13.2. The highest BCUT2D eigenvalue weighted by Gasteiger charge is 2.27. The third-order valence-electron chi connectivity index (χ3n) is 3.39. The van der Waals surface area contributed by atoms with E-state index in [9.17, 15) is 0 Å². The van der Waals surface area contributed by atoms with E-state index >= 15 is 0 Å². The summed E-state index contributed by atoms with van der Waals surface area (Å²) in [6.45, 7) is 3.92. The lowest BCUT2D eigenvalue weighted by Crippen LogP contribution is -2.27. The SMILES string of the molecule is Cc1nc(C2CCCN2CCO)cc(N(C)C)n1. The topological polar surface area (TPSA) is 52.5 Å². The van der Waals surface area contributed by atoms with Crippen molar-refractivity contribution in [2.75, 3.05) is 38.7 Å². The van der Waals surface area contributed by atoms with E-state index in [1.807, 2.05) is 25.9 Å². The average molecular weight is 250 g/mol. The molecule has 0 spiro atoms. The van der Waals surface area contributed by atoms with E-state index < -0.39 is 0 Å². The Balaban J connectivity index is 2.26. The van der Waals surface area contributed by atoms with Crippen molar-refractivity contribution in [2.45, 2.75) is 25.8 Å². The molecule has 1 aliphatic heterocycles. The van der Waals surface area contributed by atoms with E-state index in [-0.39, 0.29) is 6.61 Å². The Morgan fingerprint density at radius 1 is 1.44 bits per heavy atom. The molecule has 0 aromatic carbocycles. The Hall–Kier alpha value is -1.20. The van der Waals surface area contributed by atoms with Crippen LogP contribution in [0.4, 0.5) is 5.82 Å². The zero-order chi connectivity index (χ0) is 13.1. The van der Waals surface area contributed by atoms with Crippen LogP contribution in [0.5, 0.6) is 0 Å². The molecule has 0 saturated carbocycles. The van der Waals surface area contributed by atoms with Gasteiger partial charge in [0.2, 0.25) is 0 Å². The smallest absolute Gasteiger partial charge is 0.132 e. The number of aryl methyl sites for hydroxylation is 1. The molecule has 1 aromatic heterocycles. The van der Waals surface area contributed by atoms with Crippen LogP contribution < -0.4 is 4.90 Å². The molecule has 1 aromatic rings. The Kier molecular flexibility index (Phi) is 4.14. The van der Waals surface area contributed by atoms with Crippen molar-refractivity contribution in [1.82, 2.24) is 14.9 Å². The maximum Gasteiger partial charge on any atom is 0.132 e. The summed E-state index contributed by atoms with van der Waals surface area (Å²) < 4.78 is 0. The molecule has 0 radical (unpaired) electrons. The largest absolute Gasteiger partial charge is 0.395 e. The van der Waals surface area contributed by atoms with E-state index in [1.54, 1.807) is 0 Å². The van der Waals surface area contributed by atoms with Crippen molar-refractivity contribution >= 4 is 5.82 Å². The lowest BCUT2D eigenvalue weighted by atomic mass is 10.1. The van der Waals surface area contributed by atoms with E-state index in [0.29, 0.717) is 6.04 Å². The number of aliphatic hydroxyl groups is 1. The van der Waals surface area contributed by atoms with Crippen molar-refractivity contribution in [2.24, 2.45) is 0 Å². The zero-order valence-corrected chi connectivity index (χ0v) is 11.4. The molecule has 100 valence electrons. The molecule has 0 aliphatic carbocycles. The highest BCUT2D eigenvalue weighted by molar-refractivity contribution is 5.38. The summed E-state index contributed by atoms with van der Waals surface area (Å²) in [5.74, 6) is 1.76. The highest BCUT2D eigenvalue weighted by atomic mass is 16.3. The summed E-state index contributed by atoms with van der Waals surface area (Å²) >= 11 is 0. The second kappa shape index (κ2) is 5.63. The Bertz CT molecular complexity index is 408.